The van der Waals surface area contributed by atoms with Gasteiger partial charge in [-0.3, -0.25) is 4.79 Å². The van der Waals surface area contributed by atoms with Crippen molar-refractivity contribution >= 4 is 12.1 Å². The first-order chi connectivity index (χ1) is 9.09. The van der Waals surface area contributed by atoms with E-state index in [1.165, 1.54) is 12.8 Å². The third-order valence-corrected chi connectivity index (χ3v) is 3.45. The van der Waals surface area contributed by atoms with Crippen molar-refractivity contribution in [3.05, 3.63) is 0 Å². The van der Waals surface area contributed by atoms with Crippen LogP contribution in [0.25, 0.3) is 0 Å². The van der Waals surface area contributed by atoms with Gasteiger partial charge >= 0.3 is 12.1 Å². The highest BCUT2D eigenvalue weighted by Gasteiger charge is 2.16. The largest absolute Gasteiger partial charge is 0.480 e. The van der Waals surface area contributed by atoms with Crippen LogP contribution in [0.2, 0.25) is 0 Å². The Bertz CT molecular complexity index is 290. The number of aliphatic carboxylic acids is 1. The highest BCUT2D eigenvalue weighted by Crippen LogP contribution is 2.24. The zero-order valence-electron chi connectivity index (χ0n) is 11.3. The van der Waals surface area contributed by atoms with E-state index < -0.39 is 12.0 Å². The highest BCUT2D eigenvalue weighted by atomic mass is 16.5. The van der Waals surface area contributed by atoms with E-state index in [2.05, 4.69) is 5.32 Å². The lowest BCUT2D eigenvalue weighted by Gasteiger charge is -2.11. The van der Waals surface area contributed by atoms with Crippen molar-refractivity contribution in [3.63, 3.8) is 0 Å². The Labute approximate surface area is 113 Å². The minimum absolute atomic E-state index is 0.380. The molecule has 1 aliphatic rings. The average Bonchev–Trinajstić information content (AvgIpc) is 2.88. The number of carbonyl (C=O) groups is 2. The van der Waals surface area contributed by atoms with Crippen LogP contribution in [0.3, 0.4) is 0 Å². The van der Waals surface area contributed by atoms with E-state index in [1.807, 2.05) is 0 Å². The lowest BCUT2D eigenvalue weighted by Crippen LogP contribution is -2.30. The van der Waals surface area contributed by atoms with Crippen LogP contribution in [0, 0.1) is 5.92 Å². The van der Waals surface area contributed by atoms with Crippen molar-refractivity contribution in [2.24, 2.45) is 11.7 Å². The number of alkyl carbamates (subject to hydrolysis) is 1. The van der Waals surface area contributed by atoms with Gasteiger partial charge in [0.2, 0.25) is 0 Å². The van der Waals surface area contributed by atoms with Crippen molar-refractivity contribution in [2.75, 3.05) is 13.2 Å². The van der Waals surface area contributed by atoms with Crippen LogP contribution in [-0.2, 0) is 9.53 Å². The van der Waals surface area contributed by atoms with E-state index in [9.17, 15) is 9.59 Å². The van der Waals surface area contributed by atoms with E-state index in [0.717, 1.165) is 12.8 Å². The van der Waals surface area contributed by atoms with Crippen molar-refractivity contribution in [1.29, 1.82) is 0 Å². The Morgan fingerprint density at radius 3 is 2.63 bits per heavy atom. The molecule has 0 saturated heterocycles. The molecule has 6 heteroatoms. The van der Waals surface area contributed by atoms with Crippen LogP contribution in [-0.4, -0.2) is 36.4 Å². The van der Waals surface area contributed by atoms with E-state index in [0.29, 0.717) is 38.3 Å². The highest BCUT2D eigenvalue weighted by molar-refractivity contribution is 5.72. The Hall–Kier alpha value is -1.30. The molecule has 1 saturated carbocycles. The second-order valence-corrected chi connectivity index (χ2v) is 5.12. The number of hydrogen-bond acceptors (Lipinski definition) is 4. The van der Waals surface area contributed by atoms with Crippen LogP contribution in [0.1, 0.15) is 44.9 Å². The molecule has 0 bridgehead atoms. The molecule has 1 atom stereocenters. The molecule has 0 aromatic rings. The molecule has 110 valence electrons. The summed E-state index contributed by atoms with van der Waals surface area (Å²) in [7, 11) is 0. The minimum atomic E-state index is -0.982. The molecule has 0 aliphatic heterocycles. The van der Waals surface area contributed by atoms with Crippen LogP contribution < -0.4 is 11.1 Å². The molecular weight excluding hydrogens is 248 g/mol. The lowest BCUT2D eigenvalue weighted by molar-refractivity contribution is -0.138. The topological polar surface area (TPSA) is 102 Å². The standard InChI is InChI=1S/C13H24N2O4/c14-11(12(16)17)7-3-4-8-15-13(18)19-9-10-5-1-2-6-10/h10-11H,1-9,14H2,(H,15,18)(H,16,17)/t11-/m0/s1. The van der Waals surface area contributed by atoms with Gasteiger partial charge in [-0.05, 0) is 38.0 Å². The zero-order chi connectivity index (χ0) is 14.1. The Kier molecular flexibility index (Phi) is 7.25. The summed E-state index contributed by atoms with van der Waals surface area (Å²) in [4.78, 5) is 21.8. The van der Waals surface area contributed by atoms with Gasteiger partial charge in [0.1, 0.15) is 6.04 Å². The Balaban J connectivity index is 1.93. The number of carbonyl (C=O) groups excluding carboxylic acids is 1. The third kappa shape index (κ3) is 7.00. The summed E-state index contributed by atoms with van der Waals surface area (Å²) in [6.07, 6.45) is 6.21. The molecule has 0 radical (unpaired) electrons. The van der Waals surface area contributed by atoms with E-state index in [4.69, 9.17) is 15.6 Å². The molecule has 0 aromatic heterocycles. The fourth-order valence-electron chi connectivity index (χ4n) is 2.22. The fourth-order valence-corrected chi connectivity index (χ4v) is 2.22. The first-order valence-electron chi connectivity index (χ1n) is 6.98. The molecule has 0 heterocycles. The fraction of sp³-hybridized carbons (Fsp3) is 0.846. The van der Waals surface area contributed by atoms with Gasteiger partial charge in [0.05, 0.1) is 6.61 Å². The van der Waals surface area contributed by atoms with Crippen LogP contribution in [0.5, 0.6) is 0 Å². The zero-order valence-corrected chi connectivity index (χ0v) is 11.3. The number of carboxylic acids is 1. The maximum absolute atomic E-state index is 11.4. The lowest BCUT2D eigenvalue weighted by atomic mass is 10.1. The molecule has 4 N–H and O–H groups in total. The summed E-state index contributed by atoms with van der Waals surface area (Å²) >= 11 is 0. The Morgan fingerprint density at radius 2 is 2.00 bits per heavy atom. The number of nitrogens with one attached hydrogen (secondary N) is 1. The van der Waals surface area contributed by atoms with Gasteiger partial charge in [-0.15, -0.1) is 0 Å². The number of rotatable bonds is 8. The molecular formula is C13H24N2O4. The van der Waals surface area contributed by atoms with E-state index in [1.54, 1.807) is 0 Å². The molecule has 0 aromatic carbocycles. The molecule has 0 unspecified atom stereocenters. The number of hydrogen-bond donors (Lipinski definition) is 3. The van der Waals surface area contributed by atoms with Gasteiger partial charge in [0.25, 0.3) is 0 Å². The number of unbranched alkanes of at least 4 members (excludes halogenated alkanes) is 1. The summed E-state index contributed by atoms with van der Waals surface area (Å²) < 4.78 is 5.12. The number of amides is 1. The van der Waals surface area contributed by atoms with Crippen molar-refractivity contribution < 1.29 is 19.4 Å². The quantitative estimate of drug-likeness (QED) is 0.581. The SMILES string of the molecule is N[C@@H](CCCCNC(=O)OCC1CCCC1)C(=O)O. The number of ether oxygens (including phenoxy) is 1. The third-order valence-electron chi connectivity index (χ3n) is 3.45. The summed E-state index contributed by atoms with van der Waals surface area (Å²) in [5.41, 5.74) is 5.36. The first kappa shape index (κ1) is 15.8. The molecule has 19 heavy (non-hydrogen) atoms. The van der Waals surface area contributed by atoms with Gasteiger partial charge in [-0.2, -0.15) is 0 Å². The predicted octanol–water partition coefficient (Wildman–Crippen LogP) is 1.48. The Morgan fingerprint density at radius 1 is 1.32 bits per heavy atom. The molecule has 1 aliphatic carbocycles. The van der Waals surface area contributed by atoms with Gasteiger partial charge in [0.15, 0.2) is 0 Å². The first-order valence-corrected chi connectivity index (χ1v) is 6.98. The second kappa shape index (κ2) is 8.74. The number of carboxylic acid groups (broad SMARTS) is 1. The van der Waals surface area contributed by atoms with Crippen LogP contribution in [0.15, 0.2) is 0 Å². The average molecular weight is 272 g/mol. The second-order valence-electron chi connectivity index (χ2n) is 5.12. The smallest absolute Gasteiger partial charge is 0.407 e. The van der Waals surface area contributed by atoms with Crippen LogP contribution >= 0.6 is 0 Å². The minimum Gasteiger partial charge on any atom is -0.480 e. The summed E-state index contributed by atoms with van der Waals surface area (Å²) in [6.45, 7) is 1.01. The molecule has 1 amide bonds. The van der Waals surface area contributed by atoms with Crippen LogP contribution in [0.4, 0.5) is 4.79 Å². The van der Waals surface area contributed by atoms with Gasteiger partial charge < -0.3 is 20.9 Å². The van der Waals surface area contributed by atoms with Gasteiger partial charge in [0, 0.05) is 6.54 Å². The molecule has 1 rings (SSSR count). The molecule has 6 nitrogen and oxygen atoms in total. The molecule has 0 spiro atoms. The van der Waals surface area contributed by atoms with Gasteiger partial charge in [-0.1, -0.05) is 12.8 Å². The van der Waals surface area contributed by atoms with Crippen molar-refractivity contribution in [3.8, 4) is 0 Å². The molecule has 1 fully saturated rings. The van der Waals surface area contributed by atoms with E-state index in [-0.39, 0.29) is 6.09 Å². The van der Waals surface area contributed by atoms with Crippen molar-refractivity contribution in [2.45, 2.75) is 51.0 Å². The van der Waals surface area contributed by atoms with E-state index >= 15 is 0 Å². The summed E-state index contributed by atoms with van der Waals surface area (Å²) in [5, 5.41) is 11.2. The summed E-state index contributed by atoms with van der Waals surface area (Å²) in [6, 6.07) is -0.811. The maximum Gasteiger partial charge on any atom is 0.407 e. The van der Waals surface area contributed by atoms with Crippen molar-refractivity contribution in [1.82, 2.24) is 5.32 Å². The normalized spacial score (nSPS) is 17.1. The van der Waals surface area contributed by atoms with Gasteiger partial charge in [-0.25, -0.2) is 4.79 Å². The predicted molar refractivity (Wildman–Crippen MR) is 70.8 cm³/mol. The maximum atomic E-state index is 11.4. The summed E-state index contributed by atoms with van der Waals surface area (Å²) in [5.74, 6) is -0.455. The number of nitrogens with two attached hydrogens (primary N) is 1. The monoisotopic (exact) mass is 272 g/mol.